The van der Waals surface area contributed by atoms with E-state index in [9.17, 15) is 0 Å². The lowest BCUT2D eigenvalue weighted by atomic mass is 10.2. The highest BCUT2D eigenvalue weighted by molar-refractivity contribution is 8.13. The summed E-state index contributed by atoms with van der Waals surface area (Å²) in [5.41, 5.74) is 15.7. The van der Waals surface area contributed by atoms with Crippen LogP contribution < -0.4 is 99.3 Å². The molecule has 0 unspecified atom stereocenters. The van der Waals surface area contributed by atoms with Gasteiger partial charge >= 0.3 is 0 Å². The quantitative estimate of drug-likeness (QED) is 0.0759. The van der Waals surface area contributed by atoms with Gasteiger partial charge in [0.25, 0.3) is 10.3 Å². The number of nitrogens with two attached hydrogens (primary N) is 4. The van der Waals surface area contributed by atoms with Crippen molar-refractivity contribution in [1.82, 2.24) is 0 Å². The van der Waals surface area contributed by atoms with Crippen LogP contribution in [0.3, 0.4) is 0 Å². The second-order valence-electron chi connectivity index (χ2n) is 6.13. The van der Waals surface area contributed by atoms with Crippen molar-refractivity contribution in [2.45, 2.75) is 23.0 Å². The third-order valence-electron chi connectivity index (χ3n) is 3.40. The molecule has 32 heavy (non-hydrogen) atoms. The van der Waals surface area contributed by atoms with Crippen molar-refractivity contribution in [3.8, 4) is 0 Å². The summed E-state index contributed by atoms with van der Waals surface area (Å²) in [4.78, 5) is 0. The van der Waals surface area contributed by atoms with E-state index in [1.165, 1.54) is 45.8 Å². The molecule has 14 heteroatoms. The summed E-state index contributed by atoms with van der Waals surface area (Å²) in [6.07, 6.45) is 8.22. The minimum Gasteiger partial charge on any atom is -1.00 e. The summed E-state index contributed by atoms with van der Waals surface area (Å²) in [5.74, 6) is 3.10. The number of hydrogen-bond donors (Lipinski definition) is 6. The lowest BCUT2D eigenvalue weighted by Gasteiger charge is -2.01. The van der Waals surface area contributed by atoms with Gasteiger partial charge in [0, 0.05) is 45.3 Å². The first-order chi connectivity index (χ1) is 13.2. The normalized spacial score (nSPS) is 8.88. The van der Waals surface area contributed by atoms with Crippen molar-refractivity contribution in [2.24, 2.45) is 25.6 Å². The Hall–Kier alpha value is 0.560. The molecule has 6 nitrogen and oxygen atoms in total. The van der Waals surface area contributed by atoms with Crippen molar-refractivity contribution >= 4 is 59.1 Å². The van der Waals surface area contributed by atoms with E-state index in [0.717, 1.165) is 23.0 Å². The minimum atomic E-state index is 0. The Morgan fingerprint density at radius 1 is 0.719 bits per heavy atom. The van der Waals surface area contributed by atoms with Crippen molar-refractivity contribution in [3.63, 3.8) is 0 Å². The largest absolute Gasteiger partial charge is 1.00 e. The molecule has 0 aliphatic heterocycles. The number of hydrogen-bond acceptors (Lipinski definition) is 4. The minimum absolute atomic E-state index is 0. The number of pyridine rings is 2. The van der Waals surface area contributed by atoms with Crippen LogP contribution in [0.2, 0.25) is 0 Å². The number of amidine groups is 2. The van der Waals surface area contributed by atoms with Gasteiger partial charge in [0.2, 0.25) is 0 Å². The number of halogens is 4. The van der Waals surface area contributed by atoms with Crippen LogP contribution in [-0.2, 0) is 37.1 Å². The van der Waals surface area contributed by atoms with Gasteiger partial charge in [-0.1, -0.05) is 0 Å². The summed E-state index contributed by atoms with van der Waals surface area (Å²) in [7, 11) is 3.99. The smallest absolute Gasteiger partial charge is 0.300 e. The molecule has 0 fully saturated rings. The second-order valence-corrected chi connectivity index (χ2v) is 8.86. The number of thiol groups is 2. The van der Waals surface area contributed by atoms with Crippen LogP contribution in [-0.4, -0.2) is 10.3 Å². The van der Waals surface area contributed by atoms with E-state index in [-0.39, 0.29) is 67.9 Å². The summed E-state index contributed by atoms with van der Waals surface area (Å²) >= 11 is 11.3. The third kappa shape index (κ3) is 18.0. The molecule has 0 amide bonds. The van der Waals surface area contributed by atoms with Crippen LogP contribution in [0.1, 0.15) is 22.3 Å². The molecule has 8 N–H and O–H groups in total. The van der Waals surface area contributed by atoms with Gasteiger partial charge in [-0.2, -0.15) is 25.3 Å². The van der Waals surface area contributed by atoms with Gasteiger partial charge in [0.05, 0.1) is 0 Å². The SMILES string of the molecule is C[n+]1cc(CS)cc(CS)c1.C[n+]1cc(CSC(N)=[NH2+])cc(CSC(N)=[NH2+])c1.[Br-].[Br-].[Br-].[Br-]. The van der Waals surface area contributed by atoms with Gasteiger partial charge in [0.15, 0.2) is 24.8 Å². The first-order valence-electron chi connectivity index (χ1n) is 8.42. The maximum atomic E-state index is 5.42. The Morgan fingerprint density at radius 2 is 1.00 bits per heavy atom. The molecular weight excluding hydrogens is 748 g/mol. The maximum absolute atomic E-state index is 5.42. The fourth-order valence-electron chi connectivity index (χ4n) is 2.41. The van der Waals surface area contributed by atoms with Crippen LogP contribution in [0.25, 0.3) is 0 Å². The Kier molecular flexibility index (Phi) is 27.4. The Balaban J connectivity index is -0.000000232. The number of thioether (sulfide) groups is 2. The lowest BCUT2D eigenvalue weighted by molar-refractivity contribution is -0.672. The molecule has 0 aliphatic carbocycles. The summed E-state index contributed by atoms with van der Waals surface area (Å²) in [6, 6.07) is 4.23. The molecule has 184 valence electrons. The van der Waals surface area contributed by atoms with Gasteiger partial charge < -0.3 is 67.9 Å². The van der Waals surface area contributed by atoms with Gasteiger partial charge in [-0.15, -0.1) is 0 Å². The van der Waals surface area contributed by atoms with E-state index in [1.807, 2.05) is 35.6 Å². The van der Waals surface area contributed by atoms with Crippen molar-refractivity contribution < 1.29 is 87.9 Å². The number of aryl methyl sites for hydroxylation is 2. The monoisotopic (exact) mass is 774 g/mol. The van der Waals surface area contributed by atoms with Crippen LogP contribution in [0.4, 0.5) is 0 Å². The summed E-state index contributed by atoms with van der Waals surface area (Å²) in [6.45, 7) is 0. The highest BCUT2D eigenvalue weighted by Gasteiger charge is 2.08. The van der Waals surface area contributed by atoms with E-state index in [4.69, 9.17) is 22.3 Å². The van der Waals surface area contributed by atoms with E-state index in [0.29, 0.717) is 10.3 Å². The van der Waals surface area contributed by atoms with Crippen LogP contribution in [0.15, 0.2) is 36.9 Å². The van der Waals surface area contributed by atoms with Crippen molar-refractivity contribution in [1.29, 1.82) is 0 Å². The summed E-state index contributed by atoms with van der Waals surface area (Å²) in [5, 5.41) is 11.6. The predicted octanol–water partition coefficient (Wildman–Crippen LogP) is -13.5. The summed E-state index contributed by atoms with van der Waals surface area (Å²) < 4.78 is 4.04. The molecule has 0 saturated heterocycles. The molecule has 2 heterocycles. The molecule has 2 aromatic heterocycles. The fourth-order valence-corrected chi connectivity index (χ4v) is 3.74. The number of aromatic nitrogens is 2. The average molecular weight is 778 g/mol. The predicted molar refractivity (Wildman–Crippen MR) is 125 cm³/mol. The highest BCUT2D eigenvalue weighted by atomic mass is 79.9. The van der Waals surface area contributed by atoms with Crippen molar-refractivity contribution in [2.75, 3.05) is 0 Å². The van der Waals surface area contributed by atoms with Gasteiger partial charge in [-0.25, -0.2) is 9.13 Å². The first-order valence-corrected chi connectivity index (χ1v) is 11.7. The zero-order valence-corrected chi connectivity index (χ0v) is 27.5. The van der Waals surface area contributed by atoms with E-state index >= 15 is 0 Å². The lowest BCUT2D eigenvalue weighted by Crippen LogP contribution is -3.00. The molecule has 0 atom stereocenters. The third-order valence-corrected chi connectivity index (χ3v) is 5.75. The molecular formula is C18H30Br4N6S4. The second kappa shape index (κ2) is 22.1. The van der Waals surface area contributed by atoms with Gasteiger partial charge in [0.1, 0.15) is 14.1 Å². The molecule has 0 saturated carbocycles. The highest BCUT2D eigenvalue weighted by Crippen LogP contribution is 2.14. The zero-order valence-electron chi connectivity index (χ0n) is 17.7. The van der Waals surface area contributed by atoms with Crippen LogP contribution >= 0.6 is 48.8 Å². The molecule has 0 spiro atoms. The average Bonchev–Trinajstić information content (AvgIpc) is 2.64. The number of nitrogens with zero attached hydrogens (tertiary/aromatic N) is 2. The number of rotatable bonds is 6. The molecule has 0 bridgehead atoms. The van der Waals surface area contributed by atoms with E-state index in [2.05, 4.69) is 49.8 Å². The molecule has 0 aliphatic rings. The fraction of sp³-hybridized carbons (Fsp3) is 0.333. The maximum Gasteiger partial charge on any atom is 0.300 e. The Bertz CT molecular complexity index is 772. The van der Waals surface area contributed by atoms with Crippen molar-refractivity contribution in [3.05, 3.63) is 59.2 Å². The van der Waals surface area contributed by atoms with E-state index < -0.39 is 0 Å². The van der Waals surface area contributed by atoms with Gasteiger partial charge in [-0.3, -0.25) is 22.3 Å². The van der Waals surface area contributed by atoms with Gasteiger partial charge in [-0.05, 0) is 35.7 Å². The molecule has 2 aromatic rings. The standard InChI is InChI=1S/C10H16N5S2.C8H11NS2.4BrH/c1-15-3-7(5-16-9(11)12)2-8(4-15)6-17-10(13)14;1-9-3-7(5-10)2-8(4-9)6-11;;;;/h2-4H,5-6H2,1H3,(H3,11,12)(H3,13,14);2-4H,5-6H2,1H3,(H-,10,11);4*1H/q+1;;;;;/p-1. The van der Waals surface area contributed by atoms with Crippen LogP contribution in [0, 0.1) is 0 Å². The molecule has 2 rings (SSSR count). The Labute approximate surface area is 252 Å². The topological polar surface area (TPSA) is 111 Å². The van der Waals surface area contributed by atoms with E-state index in [1.54, 1.807) is 0 Å². The van der Waals surface area contributed by atoms with Crippen LogP contribution in [0.5, 0.6) is 0 Å². The Morgan fingerprint density at radius 3 is 1.28 bits per heavy atom. The molecule has 0 radical (unpaired) electrons. The molecule has 0 aromatic carbocycles. The zero-order chi connectivity index (χ0) is 21.1. The first kappa shape index (κ1) is 39.8.